The molecule has 0 spiro atoms. The van der Waals surface area contributed by atoms with Crippen LogP contribution in [0.25, 0.3) is 0 Å². The van der Waals surface area contributed by atoms with E-state index in [0.29, 0.717) is 25.2 Å². The maximum Gasteiger partial charge on any atom is 0.416 e. The van der Waals surface area contributed by atoms with Crippen LogP contribution in [0.5, 0.6) is 0 Å². The Balaban J connectivity index is 1.60. The minimum absolute atomic E-state index is 0.0870. The highest BCUT2D eigenvalue weighted by atomic mass is 32.2. The van der Waals surface area contributed by atoms with E-state index < -0.39 is 57.3 Å². The number of nitrogens with one attached hydrogen (secondary N) is 1. The van der Waals surface area contributed by atoms with E-state index in [1.165, 1.54) is 4.31 Å². The van der Waals surface area contributed by atoms with Crippen molar-refractivity contribution in [2.24, 2.45) is 0 Å². The number of halogens is 6. The molecule has 1 N–H and O–H groups in total. The van der Waals surface area contributed by atoms with Crippen LogP contribution in [0.2, 0.25) is 0 Å². The van der Waals surface area contributed by atoms with Crippen molar-refractivity contribution in [3.05, 3.63) is 65.2 Å². The largest absolute Gasteiger partial charge is 0.416 e. The first-order valence-corrected chi connectivity index (χ1v) is 11.7. The van der Waals surface area contributed by atoms with Crippen LogP contribution < -0.4 is 10.2 Å². The molecule has 13 heteroatoms. The van der Waals surface area contributed by atoms with Gasteiger partial charge in [-0.3, -0.25) is 4.79 Å². The molecule has 6 nitrogen and oxygen atoms in total. The lowest BCUT2D eigenvalue weighted by Gasteiger charge is -2.35. The number of benzene rings is 2. The third-order valence-corrected chi connectivity index (χ3v) is 7.12. The third kappa shape index (κ3) is 6.41. The van der Waals surface area contributed by atoms with E-state index in [9.17, 15) is 39.6 Å². The lowest BCUT2D eigenvalue weighted by atomic mass is 10.0. The molecule has 0 unspecified atom stereocenters. The number of anilines is 1. The summed E-state index contributed by atoms with van der Waals surface area (Å²) in [5, 5.41) is 2.10. The fourth-order valence-corrected chi connectivity index (χ4v) is 4.81. The molecule has 34 heavy (non-hydrogen) atoms. The number of nitrogens with zero attached hydrogens (tertiary/aromatic N) is 2. The van der Waals surface area contributed by atoms with Crippen molar-refractivity contribution in [3.63, 3.8) is 0 Å². The summed E-state index contributed by atoms with van der Waals surface area (Å²) in [4.78, 5) is 14.2. The second-order valence-corrected chi connectivity index (χ2v) is 9.68. The van der Waals surface area contributed by atoms with E-state index >= 15 is 0 Å². The van der Waals surface area contributed by atoms with E-state index in [0.717, 1.165) is 5.69 Å². The number of sulfonamides is 1. The van der Waals surface area contributed by atoms with E-state index in [1.807, 2.05) is 35.2 Å². The first-order chi connectivity index (χ1) is 15.8. The van der Waals surface area contributed by atoms with E-state index in [4.69, 9.17) is 0 Å². The van der Waals surface area contributed by atoms with Crippen molar-refractivity contribution in [1.29, 1.82) is 0 Å². The van der Waals surface area contributed by atoms with Gasteiger partial charge >= 0.3 is 12.4 Å². The smallest absolute Gasteiger partial charge is 0.369 e. The number of hydrogen-bond acceptors (Lipinski definition) is 4. The molecule has 1 fully saturated rings. The Morgan fingerprint density at radius 3 is 1.88 bits per heavy atom. The Bertz CT molecular complexity index is 1080. The first-order valence-electron chi connectivity index (χ1n) is 10.1. The van der Waals surface area contributed by atoms with Crippen LogP contribution in [0.1, 0.15) is 21.5 Å². The molecule has 0 aromatic heterocycles. The molecule has 0 atom stereocenters. The molecule has 2 aromatic rings. The molecule has 3 rings (SSSR count). The Labute approximate surface area is 192 Å². The number of carbonyl (C=O) groups is 1. The van der Waals surface area contributed by atoms with Crippen molar-refractivity contribution in [3.8, 4) is 0 Å². The van der Waals surface area contributed by atoms with Crippen LogP contribution in [-0.4, -0.2) is 57.1 Å². The molecular formula is C21H21F6N3O3S. The average molecular weight is 509 g/mol. The molecule has 1 heterocycles. The van der Waals surface area contributed by atoms with Gasteiger partial charge in [-0.05, 0) is 30.3 Å². The lowest BCUT2D eigenvalue weighted by molar-refractivity contribution is -0.143. The van der Waals surface area contributed by atoms with Crippen LogP contribution in [-0.2, 0) is 22.4 Å². The number of amides is 1. The highest BCUT2D eigenvalue weighted by Crippen LogP contribution is 2.36. The number of carbonyl (C=O) groups excluding carboxylic acids is 1. The van der Waals surface area contributed by atoms with E-state index in [2.05, 4.69) is 5.32 Å². The van der Waals surface area contributed by atoms with Crippen LogP contribution in [0, 0.1) is 0 Å². The number of para-hydroxylation sites is 1. The number of alkyl halides is 6. The second kappa shape index (κ2) is 9.82. The number of piperazine rings is 1. The summed E-state index contributed by atoms with van der Waals surface area (Å²) in [5.41, 5.74) is -3.17. The van der Waals surface area contributed by atoms with Gasteiger partial charge in [0.05, 0.1) is 16.9 Å². The van der Waals surface area contributed by atoms with Crippen LogP contribution in [0.4, 0.5) is 32.0 Å². The van der Waals surface area contributed by atoms with Crippen molar-refractivity contribution >= 4 is 21.6 Å². The molecular weight excluding hydrogens is 488 g/mol. The Kier molecular flexibility index (Phi) is 7.46. The van der Waals surface area contributed by atoms with Gasteiger partial charge in [0, 0.05) is 44.0 Å². The van der Waals surface area contributed by atoms with Gasteiger partial charge in [0.1, 0.15) is 0 Å². The van der Waals surface area contributed by atoms with Crippen molar-refractivity contribution in [1.82, 2.24) is 9.62 Å². The van der Waals surface area contributed by atoms with E-state index in [1.54, 1.807) is 0 Å². The van der Waals surface area contributed by atoms with Gasteiger partial charge in [0.15, 0.2) is 0 Å². The van der Waals surface area contributed by atoms with Gasteiger partial charge in [-0.25, -0.2) is 8.42 Å². The van der Waals surface area contributed by atoms with Crippen molar-refractivity contribution < 1.29 is 39.6 Å². The Morgan fingerprint density at radius 1 is 0.853 bits per heavy atom. The molecule has 0 radical (unpaired) electrons. The van der Waals surface area contributed by atoms with E-state index in [-0.39, 0.29) is 19.2 Å². The van der Waals surface area contributed by atoms with Crippen molar-refractivity contribution in [2.75, 3.05) is 43.4 Å². The maximum absolute atomic E-state index is 13.0. The predicted octanol–water partition coefficient (Wildman–Crippen LogP) is 3.61. The summed E-state index contributed by atoms with van der Waals surface area (Å²) in [5.74, 6) is -1.78. The Morgan fingerprint density at radius 2 is 1.38 bits per heavy atom. The number of rotatable bonds is 6. The molecule has 1 aliphatic heterocycles. The number of hydrogen-bond donors (Lipinski definition) is 1. The van der Waals surface area contributed by atoms with Crippen LogP contribution in [0.15, 0.2) is 48.5 Å². The minimum Gasteiger partial charge on any atom is -0.369 e. The summed E-state index contributed by atoms with van der Waals surface area (Å²) in [6, 6.07) is 9.89. The van der Waals surface area contributed by atoms with Crippen molar-refractivity contribution in [2.45, 2.75) is 12.4 Å². The summed E-state index contributed by atoms with van der Waals surface area (Å²) >= 11 is 0. The van der Waals surface area contributed by atoms with Gasteiger partial charge in [0.25, 0.3) is 5.91 Å². The zero-order valence-corrected chi connectivity index (χ0v) is 18.5. The molecule has 1 saturated heterocycles. The first kappa shape index (κ1) is 25.8. The molecule has 186 valence electrons. The zero-order valence-electron chi connectivity index (χ0n) is 17.7. The summed E-state index contributed by atoms with van der Waals surface area (Å²) in [6.07, 6.45) is -10.2. The average Bonchev–Trinajstić information content (AvgIpc) is 2.78. The molecule has 0 aliphatic carbocycles. The summed E-state index contributed by atoms with van der Waals surface area (Å²) in [7, 11) is -3.80. The molecule has 1 amide bonds. The maximum atomic E-state index is 13.0. The second-order valence-electron chi connectivity index (χ2n) is 7.59. The van der Waals surface area contributed by atoms with Crippen LogP contribution >= 0.6 is 0 Å². The summed E-state index contributed by atoms with van der Waals surface area (Å²) < 4.78 is 104. The van der Waals surface area contributed by atoms with Gasteiger partial charge in [-0.15, -0.1) is 0 Å². The van der Waals surface area contributed by atoms with Gasteiger partial charge < -0.3 is 10.2 Å². The highest BCUT2D eigenvalue weighted by molar-refractivity contribution is 7.89. The molecule has 0 saturated carbocycles. The summed E-state index contributed by atoms with van der Waals surface area (Å²) in [6.45, 7) is 0.819. The van der Waals surface area contributed by atoms with Gasteiger partial charge in [0.2, 0.25) is 10.0 Å². The topological polar surface area (TPSA) is 69.7 Å². The fraction of sp³-hybridized carbons (Fsp3) is 0.381. The standard InChI is InChI=1S/C21H21F6N3O3S/c22-20(23,24)16-12-15(13-17(14-16)21(25,26)27)19(31)28-6-11-34(32,33)30-9-7-29(8-10-30)18-4-2-1-3-5-18/h1-5,12-14H,6-11H2,(H,28,31). The molecule has 0 bridgehead atoms. The monoisotopic (exact) mass is 509 g/mol. The van der Waals surface area contributed by atoms with Gasteiger partial charge in [-0.1, -0.05) is 18.2 Å². The lowest BCUT2D eigenvalue weighted by Crippen LogP contribution is -2.50. The third-order valence-electron chi connectivity index (χ3n) is 5.25. The zero-order chi connectivity index (χ0) is 25.1. The normalized spacial score (nSPS) is 15.9. The minimum atomic E-state index is -5.10. The molecule has 2 aromatic carbocycles. The molecule has 1 aliphatic rings. The van der Waals surface area contributed by atoms with Crippen LogP contribution in [0.3, 0.4) is 0 Å². The quantitative estimate of drug-likeness (QED) is 0.605. The van der Waals surface area contributed by atoms with Gasteiger partial charge in [-0.2, -0.15) is 30.6 Å². The Hall–Kier alpha value is -2.80. The predicted molar refractivity (Wildman–Crippen MR) is 113 cm³/mol. The fourth-order valence-electron chi connectivity index (χ4n) is 3.47. The highest BCUT2D eigenvalue weighted by Gasteiger charge is 2.37. The SMILES string of the molecule is O=C(NCCS(=O)(=O)N1CCN(c2ccccc2)CC1)c1cc(C(F)(F)F)cc(C(F)(F)F)c1.